The average molecular weight is 612 g/mol. The molecule has 0 bridgehead atoms. The van der Waals surface area contributed by atoms with Gasteiger partial charge in [0.15, 0.2) is 17.7 Å². The molecule has 0 amide bonds. The zero-order valence-electron chi connectivity index (χ0n) is 22.4. The van der Waals surface area contributed by atoms with Gasteiger partial charge in [-0.25, -0.2) is 15.0 Å². The van der Waals surface area contributed by atoms with Crippen LogP contribution in [0.3, 0.4) is 0 Å². The Kier molecular flexibility index (Phi) is 9.46. The minimum absolute atomic E-state index is 0.151. The van der Waals surface area contributed by atoms with Crippen molar-refractivity contribution in [1.29, 1.82) is 0 Å². The second kappa shape index (κ2) is 12.9. The number of aliphatic hydroxyl groups is 2. The number of hydrogen-bond acceptors (Lipinski definition) is 11. The number of imidazole rings is 1. The lowest BCUT2D eigenvalue weighted by Gasteiger charge is -2.39. The van der Waals surface area contributed by atoms with Crippen molar-refractivity contribution in [3.05, 3.63) is 34.9 Å². The smallest absolute Gasteiger partial charge is 0.320 e. The zero-order chi connectivity index (χ0) is 29.3. The van der Waals surface area contributed by atoms with Gasteiger partial charge in [-0.05, 0) is 50.3 Å². The molecule has 0 aromatic carbocycles. The second-order valence-electron chi connectivity index (χ2n) is 11.0. The number of aromatic nitrogens is 4. The molecule has 0 unspecified atom stereocenters. The molecule has 2 aromatic rings. The Morgan fingerprint density at radius 2 is 2.02 bits per heavy atom. The van der Waals surface area contributed by atoms with Crippen molar-refractivity contribution in [2.75, 3.05) is 38.5 Å². The van der Waals surface area contributed by atoms with Gasteiger partial charge in [0, 0.05) is 30.6 Å². The summed E-state index contributed by atoms with van der Waals surface area (Å²) >= 11 is 12.8. The summed E-state index contributed by atoms with van der Waals surface area (Å²) < 4.78 is 7.66. The predicted molar refractivity (Wildman–Crippen MR) is 153 cm³/mol. The van der Waals surface area contributed by atoms with Crippen LogP contribution in [0.2, 0.25) is 0 Å². The number of nitrogens with two attached hydrogens (primary N) is 2. The maximum atomic E-state index is 11.4. The fourth-order valence-corrected chi connectivity index (χ4v) is 6.56. The molecule has 1 aliphatic carbocycles. The van der Waals surface area contributed by atoms with E-state index >= 15 is 0 Å². The normalized spacial score (nSPS) is 30.7. The number of halogens is 2. The number of anilines is 1. The number of ether oxygens (including phenoxy) is 1. The van der Waals surface area contributed by atoms with Crippen molar-refractivity contribution in [2.24, 2.45) is 23.5 Å². The molecule has 2 fully saturated rings. The number of piperidine rings is 1. The van der Waals surface area contributed by atoms with Crippen LogP contribution in [-0.2, 0) is 9.53 Å². The third-order valence-electron chi connectivity index (χ3n) is 8.36. The van der Waals surface area contributed by atoms with Crippen molar-refractivity contribution in [1.82, 2.24) is 29.7 Å². The summed E-state index contributed by atoms with van der Waals surface area (Å²) in [5.74, 6) is -0.0754. The van der Waals surface area contributed by atoms with Crippen LogP contribution in [0, 0.1) is 17.8 Å². The number of fused-ring (bicyclic) bond motifs is 2. The molecule has 4 heterocycles. The molecule has 2 saturated heterocycles. The molecule has 8 N–H and O–H groups in total. The fraction of sp³-hybridized carbons (Fsp3) is 0.615. The number of aliphatic hydroxyl groups excluding tert-OH is 2. The van der Waals surface area contributed by atoms with Gasteiger partial charge in [0.05, 0.1) is 11.4 Å². The van der Waals surface area contributed by atoms with E-state index < -0.39 is 36.6 Å². The van der Waals surface area contributed by atoms with Crippen molar-refractivity contribution in [3.63, 3.8) is 0 Å². The Morgan fingerprint density at radius 1 is 1.22 bits per heavy atom. The summed E-state index contributed by atoms with van der Waals surface area (Å²) in [6, 6.07) is -1.01. The molecular weight excluding hydrogens is 575 g/mol. The van der Waals surface area contributed by atoms with Crippen LogP contribution in [0.1, 0.15) is 25.5 Å². The zero-order valence-corrected chi connectivity index (χ0v) is 23.9. The van der Waals surface area contributed by atoms with Gasteiger partial charge < -0.3 is 41.7 Å². The summed E-state index contributed by atoms with van der Waals surface area (Å²) in [6.07, 6.45) is 4.60. The van der Waals surface area contributed by atoms with Crippen LogP contribution >= 0.6 is 23.2 Å². The summed E-state index contributed by atoms with van der Waals surface area (Å²) in [6.45, 7) is 2.92. The lowest BCUT2D eigenvalue weighted by molar-refractivity contribution is -0.138. The predicted octanol–water partition coefficient (Wildman–Crippen LogP) is 0.623. The van der Waals surface area contributed by atoms with E-state index in [-0.39, 0.29) is 24.7 Å². The minimum atomic E-state index is -1.25. The van der Waals surface area contributed by atoms with Gasteiger partial charge in [-0.15, -0.1) is 0 Å². The van der Waals surface area contributed by atoms with Crippen molar-refractivity contribution >= 4 is 46.2 Å². The first-order valence-corrected chi connectivity index (χ1v) is 14.5. The Morgan fingerprint density at radius 3 is 2.80 bits per heavy atom. The summed E-state index contributed by atoms with van der Waals surface area (Å²) in [7, 11) is 0. The second-order valence-corrected chi connectivity index (χ2v) is 11.8. The monoisotopic (exact) mass is 610 g/mol. The molecule has 2 aliphatic heterocycles. The minimum Gasteiger partial charge on any atom is -0.480 e. The molecule has 0 saturated carbocycles. The molecule has 224 valence electrons. The van der Waals surface area contributed by atoms with E-state index in [1.54, 1.807) is 0 Å². The quantitative estimate of drug-likeness (QED) is 0.208. The highest BCUT2D eigenvalue weighted by molar-refractivity contribution is 6.40. The number of carbonyl (C=O) groups is 1. The highest BCUT2D eigenvalue weighted by Crippen LogP contribution is 2.41. The van der Waals surface area contributed by atoms with Gasteiger partial charge in [0.2, 0.25) is 0 Å². The van der Waals surface area contributed by atoms with Gasteiger partial charge in [0.25, 0.3) is 0 Å². The van der Waals surface area contributed by atoms with Crippen LogP contribution in [0.15, 0.2) is 34.9 Å². The number of nitrogen functional groups attached to an aromatic ring is 1. The molecule has 8 atom stereocenters. The van der Waals surface area contributed by atoms with Crippen molar-refractivity contribution < 1.29 is 24.9 Å². The molecule has 0 radical (unpaired) electrons. The number of carboxylic acid groups (broad SMARTS) is 1. The Bertz CT molecular complexity index is 1310. The largest absolute Gasteiger partial charge is 0.480 e. The first-order chi connectivity index (χ1) is 19.7. The van der Waals surface area contributed by atoms with Gasteiger partial charge in [-0.2, -0.15) is 0 Å². The van der Waals surface area contributed by atoms with E-state index in [0.717, 1.165) is 25.9 Å². The first kappa shape index (κ1) is 30.1. The Balaban J connectivity index is 1.24. The number of aliphatic carboxylic acids is 1. The Labute approximate surface area is 247 Å². The molecule has 3 aliphatic rings. The summed E-state index contributed by atoms with van der Waals surface area (Å²) in [5, 5.41) is 35.8. The van der Waals surface area contributed by atoms with Gasteiger partial charge in [-0.1, -0.05) is 29.3 Å². The number of nitrogens with one attached hydrogen (secondary N) is 1. The van der Waals surface area contributed by atoms with Crippen LogP contribution in [0.4, 0.5) is 5.82 Å². The van der Waals surface area contributed by atoms with Crippen molar-refractivity contribution in [3.8, 4) is 0 Å². The molecule has 2 aromatic heterocycles. The topological polar surface area (TPSA) is 198 Å². The van der Waals surface area contributed by atoms with E-state index in [2.05, 4.69) is 26.3 Å². The number of hydrogen-bond donors (Lipinski definition) is 6. The highest BCUT2D eigenvalue weighted by atomic mass is 35.5. The average Bonchev–Trinajstić information content (AvgIpc) is 3.50. The molecule has 41 heavy (non-hydrogen) atoms. The number of nitrogens with zero attached hydrogens (tertiary/aromatic N) is 5. The molecule has 13 nitrogen and oxygen atoms in total. The number of allylic oxidation sites excluding steroid dienone is 3. The van der Waals surface area contributed by atoms with E-state index in [9.17, 15) is 20.1 Å². The number of carboxylic acids is 1. The SMILES string of the molecule is Nc1ncnc2c1ncn2[C@@H]1O[C@H](CN(CCC[C@H]2CNC[C@@H]3C(Cl)=C(Cl)C=C[C@@H]23)CC[C@H](N)C(=O)O)[C@@H](O)[C@H]1O. The third-order valence-corrected chi connectivity index (χ3v) is 9.27. The van der Waals surface area contributed by atoms with Crippen LogP contribution < -0.4 is 16.8 Å². The lowest BCUT2D eigenvalue weighted by atomic mass is 9.74. The lowest BCUT2D eigenvalue weighted by Crippen LogP contribution is -2.45. The van der Waals surface area contributed by atoms with Gasteiger partial charge in [0.1, 0.15) is 36.2 Å². The van der Waals surface area contributed by atoms with Crippen LogP contribution in [0.25, 0.3) is 11.2 Å². The van der Waals surface area contributed by atoms with Crippen LogP contribution in [0.5, 0.6) is 0 Å². The third kappa shape index (κ3) is 6.37. The summed E-state index contributed by atoms with van der Waals surface area (Å²) in [5.41, 5.74) is 12.4. The molecule has 5 rings (SSSR count). The molecular formula is C26H36Cl2N8O5. The van der Waals surface area contributed by atoms with E-state index in [0.29, 0.717) is 46.2 Å². The first-order valence-electron chi connectivity index (χ1n) is 13.7. The summed E-state index contributed by atoms with van der Waals surface area (Å²) in [4.78, 5) is 25.8. The Hall–Kier alpha value is -2.36. The number of rotatable bonds is 11. The highest BCUT2D eigenvalue weighted by Gasteiger charge is 2.45. The van der Waals surface area contributed by atoms with Crippen molar-refractivity contribution in [2.45, 2.75) is 49.8 Å². The van der Waals surface area contributed by atoms with E-state index in [4.69, 9.17) is 39.4 Å². The molecule has 15 heteroatoms. The van der Waals surface area contributed by atoms with Gasteiger partial charge in [-0.3, -0.25) is 9.36 Å². The fourth-order valence-electron chi connectivity index (χ4n) is 6.06. The van der Waals surface area contributed by atoms with E-state index in [1.165, 1.54) is 17.2 Å². The van der Waals surface area contributed by atoms with E-state index in [1.807, 2.05) is 11.0 Å². The maximum Gasteiger partial charge on any atom is 0.320 e. The molecule has 0 spiro atoms. The standard InChI is InChI=1S/C26H36Cl2N8O5/c27-16-4-3-14-13(8-31-9-15(14)19(16)28)2-1-6-35(7-5-17(29)26(39)40)10-18-21(37)22(38)25(41-18)36-12-34-20-23(30)32-11-33-24(20)36/h3-4,11-15,17-18,21-22,25,31,37-38H,1-2,5-10,29H2,(H,39,40)(H2,30,32,33)/t13-,14-,15-,17-,18+,21+,22+,25+/m0/s1. The maximum absolute atomic E-state index is 11.4. The van der Waals surface area contributed by atoms with Gasteiger partial charge >= 0.3 is 5.97 Å². The van der Waals surface area contributed by atoms with Crippen LogP contribution in [-0.4, -0.2) is 103 Å².